The topological polar surface area (TPSA) is 47.9 Å². The van der Waals surface area contributed by atoms with Crippen LogP contribution in [0.2, 0.25) is 5.02 Å². The van der Waals surface area contributed by atoms with Crippen LogP contribution in [-0.2, 0) is 6.42 Å². The smallest absolute Gasteiger partial charge is 0.137 e. The number of hydrogen-bond donors (Lipinski definition) is 2. The van der Waals surface area contributed by atoms with Crippen molar-refractivity contribution in [1.29, 1.82) is 0 Å². The molecule has 3 heteroatoms. The van der Waals surface area contributed by atoms with E-state index in [0.717, 1.165) is 16.1 Å². The van der Waals surface area contributed by atoms with Crippen LogP contribution in [-0.4, -0.2) is 11.2 Å². The molecule has 0 unspecified atom stereocenters. The fourth-order valence-electron chi connectivity index (χ4n) is 1.69. The van der Waals surface area contributed by atoms with Crippen LogP contribution < -0.4 is 5.73 Å². The van der Waals surface area contributed by atoms with Crippen molar-refractivity contribution >= 4 is 11.6 Å². The van der Waals surface area contributed by atoms with E-state index in [2.05, 4.69) is 5.73 Å². The summed E-state index contributed by atoms with van der Waals surface area (Å²) in [5.74, 6) is 0. The maximum atomic E-state index is 9.50. The predicted octanol–water partition coefficient (Wildman–Crippen LogP) is 0.540. The summed E-state index contributed by atoms with van der Waals surface area (Å²) >= 11 is 5.82. The lowest BCUT2D eigenvalue weighted by molar-refractivity contribution is -0.441. The number of aliphatic hydroxyl groups is 1. The average molecular weight is 185 g/mol. The van der Waals surface area contributed by atoms with E-state index >= 15 is 0 Å². The number of hydrogen-bond acceptors (Lipinski definition) is 1. The third-order valence-electron chi connectivity index (χ3n) is 2.40. The first-order valence-electron chi connectivity index (χ1n) is 3.98. The van der Waals surface area contributed by atoms with E-state index < -0.39 is 0 Å². The number of quaternary nitrogens is 1. The first-order chi connectivity index (χ1) is 5.68. The average Bonchev–Trinajstić information content (AvgIpc) is 2.28. The Kier molecular flexibility index (Phi) is 1.83. The molecule has 0 radical (unpaired) electrons. The molecule has 64 valence electrons. The minimum atomic E-state index is -0.335. The molecular formula is C9H11ClNO+. The monoisotopic (exact) mass is 184 g/mol. The van der Waals surface area contributed by atoms with E-state index in [4.69, 9.17) is 11.6 Å². The molecule has 2 atom stereocenters. The van der Waals surface area contributed by atoms with Gasteiger partial charge in [-0.3, -0.25) is 0 Å². The molecule has 0 spiro atoms. The zero-order chi connectivity index (χ0) is 8.72. The molecule has 1 aromatic rings. The number of halogens is 1. The van der Waals surface area contributed by atoms with E-state index in [9.17, 15) is 5.11 Å². The van der Waals surface area contributed by atoms with Crippen LogP contribution in [0.25, 0.3) is 0 Å². The summed E-state index contributed by atoms with van der Waals surface area (Å²) in [5, 5.41) is 10.2. The third-order valence-corrected chi connectivity index (χ3v) is 2.63. The van der Waals surface area contributed by atoms with Crippen LogP contribution in [0, 0.1) is 0 Å². The molecule has 0 amide bonds. The molecule has 0 saturated heterocycles. The van der Waals surface area contributed by atoms with Crippen LogP contribution in [0.4, 0.5) is 0 Å². The molecule has 2 rings (SSSR count). The normalized spacial score (nSPS) is 27.2. The Balaban J connectivity index is 2.47. The fraction of sp³-hybridized carbons (Fsp3) is 0.333. The van der Waals surface area contributed by atoms with Gasteiger partial charge < -0.3 is 10.8 Å². The first-order valence-corrected chi connectivity index (χ1v) is 4.36. The summed E-state index contributed by atoms with van der Waals surface area (Å²) in [6, 6.07) is 5.71. The largest absolute Gasteiger partial charge is 0.386 e. The maximum Gasteiger partial charge on any atom is 0.137 e. The van der Waals surface area contributed by atoms with Gasteiger partial charge in [-0.15, -0.1) is 0 Å². The molecule has 1 aliphatic carbocycles. The Morgan fingerprint density at radius 3 is 3.00 bits per heavy atom. The molecule has 12 heavy (non-hydrogen) atoms. The Bertz CT molecular complexity index is 313. The van der Waals surface area contributed by atoms with E-state index in [1.54, 1.807) is 0 Å². The van der Waals surface area contributed by atoms with Crippen LogP contribution in [0.3, 0.4) is 0 Å². The second-order valence-corrected chi connectivity index (χ2v) is 3.66. The van der Waals surface area contributed by atoms with Crippen molar-refractivity contribution < 1.29 is 10.8 Å². The lowest BCUT2D eigenvalue weighted by Gasteiger charge is -2.04. The highest BCUT2D eigenvalue weighted by atomic mass is 35.5. The van der Waals surface area contributed by atoms with Crippen LogP contribution in [0.1, 0.15) is 17.2 Å². The van der Waals surface area contributed by atoms with Gasteiger partial charge in [0.15, 0.2) is 0 Å². The summed E-state index contributed by atoms with van der Waals surface area (Å²) in [7, 11) is 0. The molecule has 0 heterocycles. The van der Waals surface area contributed by atoms with Crippen molar-refractivity contribution in [3.63, 3.8) is 0 Å². The third kappa shape index (κ3) is 1.12. The number of benzene rings is 1. The Labute approximate surface area is 76.0 Å². The summed E-state index contributed by atoms with van der Waals surface area (Å²) in [6.45, 7) is 0. The minimum absolute atomic E-state index is 0.0114. The molecule has 0 aromatic heterocycles. The molecular weight excluding hydrogens is 174 g/mol. The molecule has 2 nitrogen and oxygen atoms in total. The predicted molar refractivity (Wildman–Crippen MR) is 46.8 cm³/mol. The first kappa shape index (κ1) is 8.05. The lowest BCUT2D eigenvalue weighted by Crippen LogP contribution is -2.57. The van der Waals surface area contributed by atoms with Crippen molar-refractivity contribution in [2.75, 3.05) is 0 Å². The van der Waals surface area contributed by atoms with Gasteiger partial charge in [-0.25, -0.2) is 0 Å². The van der Waals surface area contributed by atoms with Gasteiger partial charge in [0, 0.05) is 17.0 Å². The Morgan fingerprint density at radius 1 is 1.50 bits per heavy atom. The van der Waals surface area contributed by atoms with Gasteiger partial charge in [0.25, 0.3) is 0 Å². The summed E-state index contributed by atoms with van der Waals surface area (Å²) in [4.78, 5) is 0. The van der Waals surface area contributed by atoms with Gasteiger partial charge in [0.1, 0.15) is 12.1 Å². The zero-order valence-electron chi connectivity index (χ0n) is 6.63. The van der Waals surface area contributed by atoms with E-state index in [1.165, 1.54) is 0 Å². The van der Waals surface area contributed by atoms with Gasteiger partial charge in [-0.2, -0.15) is 0 Å². The van der Waals surface area contributed by atoms with Crippen LogP contribution in [0.5, 0.6) is 0 Å². The van der Waals surface area contributed by atoms with Gasteiger partial charge in [-0.1, -0.05) is 17.7 Å². The molecule has 0 saturated carbocycles. The summed E-state index contributed by atoms with van der Waals surface area (Å²) < 4.78 is 0. The number of fused-ring (bicyclic) bond motifs is 1. The van der Waals surface area contributed by atoms with Crippen molar-refractivity contribution in [2.24, 2.45) is 0 Å². The van der Waals surface area contributed by atoms with Gasteiger partial charge >= 0.3 is 0 Å². The van der Waals surface area contributed by atoms with Crippen LogP contribution >= 0.6 is 11.6 Å². The van der Waals surface area contributed by atoms with Crippen LogP contribution in [0.15, 0.2) is 18.2 Å². The molecule has 0 aliphatic heterocycles. The highest BCUT2D eigenvalue weighted by Crippen LogP contribution is 2.30. The Morgan fingerprint density at radius 2 is 2.25 bits per heavy atom. The van der Waals surface area contributed by atoms with Crippen molar-refractivity contribution in [3.05, 3.63) is 34.3 Å². The molecule has 0 bridgehead atoms. The fourth-order valence-corrected chi connectivity index (χ4v) is 1.88. The van der Waals surface area contributed by atoms with Crippen molar-refractivity contribution in [3.8, 4) is 0 Å². The highest BCUT2D eigenvalue weighted by Gasteiger charge is 2.30. The summed E-state index contributed by atoms with van der Waals surface area (Å²) in [5.41, 5.74) is 6.16. The molecule has 4 N–H and O–H groups in total. The number of rotatable bonds is 0. The van der Waals surface area contributed by atoms with Gasteiger partial charge in [0.2, 0.25) is 0 Å². The quantitative estimate of drug-likeness (QED) is 0.608. The second-order valence-electron chi connectivity index (χ2n) is 3.22. The van der Waals surface area contributed by atoms with Crippen molar-refractivity contribution in [1.82, 2.24) is 0 Å². The standard InChI is InChI=1S/C9H10ClNO/c10-6-1-2-7-5(3-6)4-8(12)9(7)11/h1-3,8-9,12H,4,11H2/p+1/t8-,9+/m0/s1. The Hall–Kier alpha value is -0.570. The molecule has 0 fully saturated rings. The van der Waals surface area contributed by atoms with E-state index in [1.807, 2.05) is 18.2 Å². The molecule has 1 aromatic carbocycles. The second kappa shape index (κ2) is 2.73. The van der Waals surface area contributed by atoms with Gasteiger partial charge in [0.05, 0.1) is 0 Å². The molecule has 1 aliphatic rings. The van der Waals surface area contributed by atoms with Gasteiger partial charge in [-0.05, 0) is 17.7 Å². The lowest BCUT2D eigenvalue weighted by atomic mass is 10.1. The minimum Gasteiger partial charge on any atom is -0.386 e. The zero-order valence-corrected chi connectivity index (χ0v) is 7.38. The summed E-state index contributed by atoms with van der Waals surface area (Å²) in [6.07, 6.45) is 0.350. The SMILES string of the molecule is [NH3+][C@@H]1c2ccc(Cl)cc2C[C@@H]1O. The van der Waals surface area contributed by atoms with E-state index in [-0.39, 0.29) is 12.1 Å². The number of aliphatic hydroxyl groups excluding tert-OH is 1. The highest BCUT2D eigenvalue weighted by molar-refractivity contribution is 6.30. The van der Waals surface area contributed by atoms with Crippen molar-refractivity contribution in [2.45, 2.75) is 18.6 Å². The maximum absolute atomic E-state index is 9.50. The van der Waals surface area contributed by atoms with E-state index in [0.29, 0.717) is 6.42 Å².